The van der Waals surface area contributed by atoms with Crippen molar-refractivity contribution in [1.29, 1.82) is 0 Å². The fraction of sp³-hybridized carbons (Fsp3) is 0.556. The molecule has 1 aromatic carbocycles. The molecular formula is C18H25N3O3. The Kier molecular flexibility index (Phi) is 4.76. The summed E-state index contributed by atoms with van der Waals surface area (Å²) in [5.41, 5.74) is 0.275. The standard InChI is InChI=1S/C18H25N3O3/c1-18(2)16(22)20(14-15-6-4-3-5-7-15)8-9-21(18)17(23)19-10-12-24-13-11-19/h3-7H,8-14H2,1-2H3. The van der Waals surface area contributed by atoms with E-state index in [9.17, 15) is 9.59 Å². The minimum Gasteiger partial charge on any atom is -0.378 e. The quantitative estimate of drug-likeness (QED) is 0.826. The number of urea groups is 1. The zero-order chi connectivity index (χ0) is 17.2. The Balaban J connectivity index is 1.70. The van der Waals surface area contributed by atoms with Crippen molar-refractivity contribution in [3.05, 3.63) is 35.9 Å². The normalized spacial score (nSPS) is 21.1. The Hall–Kier alpha value is -2.08. The number of piperazine rings is 1. The van der Waals surface area contributed by atoms with Crippen molar-refractivity contribution >= 4 is 11.9 Å². The van der Waals surface area contributed by atoms with Crippen molar-refractivity contribution in [2.24, 2.45) is 0 Å². The molecule has 0 radical (unpaired) electrons. The Morgan fingerprint density at radius 1 is 1.08 bits per heavy atom. The Labute approximate surface area is 143 Å². The van der Waals surface area contributed by atoms with Crippen LogP contribution in [0.1, 0.15) is 19.4 Å². The predicted molar refractivity (Wildman–Crippen MR) is 90.4 cm³/mol. The maximum absolute atomic E-state index is 12.9. The average Bonchev–Trinajstić information content (AvgIpc) is 2.60. The number of benzene rings is 1. The number of morpholine rings is 1. The summed E-state index contributed by atoms with van der Waals surface area (Å²) < 4.78 is 5.31. The molecule has 3 rings (SSSR count). The van der Waals surface area contributed by atoms with E-state index in [1.165, 1.54) is 0 Å². The fourth-order valence-electron chi connectivity index (χ4n) is 3.32. The van der Waals surface area contributed by atoms with Crippen LogP contribution in [0.2, 0.25) is 0 Å². The number of rotatable bonds is 2. The molecule has 2 aliphatic rings. The van der Waals surface area contributed by atoms with Gasteiger partial charge in [0.1, 0.15) is 5.54 Å². The number of hydrogen-bond acceptors (Lipinski definition) is 3. The van der Waals surface area contributed by atoms with Crippen LogP contribution in [0.15, 0.2) is 30.3 Å². The van der Waals surface area contributed by atoms with Gasteiger partial charge in [0, 0.05) is 32.7 Å². The second kappa shape index (κ2) is 6.81. The van der Waals surface area contributed by atoms with Crippen LogP contribution in [-0.2, 0) is 16.1 Å². The molecule has 0 aliphatic carbocycles. The highest BCUT2D eigenvalue weighted by Gasteiger charge is 2.45. The zero-order valence-electron chi connectivity index (χ0n) is 14.4. The van der Waals surface area contributed by atoms with E-state index in [0.717, 1.165) is 5.56 Å². The number of amides is 3. The third-order valence-electron chi connectivity index (χ3n) is 4.81. The van der Waals surface area contributed by atoms with Gasteiger partial charge in [-0.15, -0.1) is 0 Å². The Morgan fingerprint density at radius 3 is 2.42 bits per heavy atom. The Bertz CT molecular complexity index is 597. The summed E-state index contributed by atoms with van der Waals surface area (Å²) >= 11 is 0. The summed E-state index contributed by atoms with van der Waals surface area (Å²) in [5.74, 6) is -0.000729. The molecular weight excluding hydrogens is 306 g/mol. The monoisotopic (exact) mass is 331 g/mol. The summed E-state index contributed by atoms with van der Waals surface area (Å²) in [5, 5.41) is 0. The lowest BCUT2D eigenvalue weighted by molar-refractivity contribution is -0.147. The molecule has 6 nitrogen and oxygen atoms in total. The minimum atomic E-state index is -0.831. The van der Waals surface area contributed by atoms with Crippen molar-refractivity contribution < 1.29 is 14.3 Å². The molecule has 2 fully saturated rings. The summed E-state index contributed by atoms with van der Waals surface area (Å²) in [7, 11) is 0. The van der Waals surface area contributed by atoms with E-state index in [4.69, 9.17) is 4.74 Å². The van der Waals surface area contributed by atoms with Gasteiger partial charge in [0.2, 0.25) is 5.91 Å². The lowest BCUT2D eigenvalue weighted by atomic mass is 9.97. The van der Waals surface area contributed by atoms with E-state index in [2.05, 4.69) is 0 Å². The third kappa shape index (κ3) is 3.24. The number of hydrogen-bond donors (Lipinski definition) is 0. The van der Waals surface area contributed by atoms with Gasteiger partial charge in [0.25, 0.3) is 0 Å². The van der Waals surface area contributed by atoms with Crippen LogP contribution in [0.4, 0.5) is 4.79 Å². The van der Waals surface area contributed by atoms with Crippen molar-refractivity contribution in [3.8, 4) is 0 Å². The fourth-order valence-corrected chi connectivity index (χ4v) is 3.32. The number of nitrogens with zero attached hydrogens (tertiary/aromatic N) is 3. The highest BCUT2D eigenvalue weighted by Crippen LogP contribution is 2.25. The van der Waals surface area contributed by atoms with Gasteiger partial charge in [0.15, 0.2) is 0 Å². The molecule has 0 atom stereocenters. The van der Waals surface area contributed by atoms with E-state index in [0.29, 0.717) is 45.9 Å². The summed E-state index contributed by atoms with van der Waals surface area (Å²) in [6.45, 7) is 7.69. The van der Waals surface area contributed by atoms with E-state index in [1.54, 1.807) is 9.80 Å². The van der Waals surface area contributed by atoms with E-state index < -0.39 is 5.54 Å². The smallest absolute Gasteiger partial charge is 0.321 e. The second-order valence-electron chi connectivity index (χ2n) is 6.80. The summed E-state index contributed by atoms with van der Waals surface area (Å²) in [4.78, 5) is 31.1. The van der Waals surface area contributed by atoms with Crippen molar-refractivity contribution in [2.75, 3.05) is 39.4 Å². The van der Waals surface area contributed by atoms with Crippen LogP contribution in [0.3, 0.4) is 0 Å². The largest absolute Gasteiger partial charge is 0.378 e. The van der Waals surface area contributed by atoms with Crippen molar-refractivity contribution in [2.45, 2.75) is 25.9 Å². The molecule has 24 heavy (non-hydrogen) atoms. The molecule has 0 aromatic heterocycles. The molecule has 0 N–H and O–H groups in total. The molecule has 1 aromatic rings. The molecule has 6 heteroatoms. The topological polar surface area (TPSA) is 53.1 Å². The highest BCUT2D eigenvalue weighted by atomic mass is 16.5. The first-order chi connectivity index (χ1) is 11.5. The maximum atomic E-state index is 12.9. The Morgan fingerprint density at radius 2 is 1.75 bits per heavy atom. The number of carbonyl (C=O) groups excluding carboxylic acids is 2. The minimum absolute atomic E-state index is 0.000729. The number of carbonyl (C=O) groups is 2. The van der Waals surface area contributed by atoms with Gasteiger partial charge in [-0.3, -0.25) is 4.79 Å². The lowest BCUT2D eigenvalue weighted by Gasteiger charge is -2.47. The first-order valence-corrected chi connectivity index (χ1v) is 8.48. The van der Waals surface area contributed by atoms with Crippen LogP contribution < -0.4 is 0 Å². The van der Waals surface area contributed by atoms with Crippen LogP contribution in [-0.4, -0.2) is 71.6 Å². The predicted octanol–water partition coefficient (Wildman–Crippen LogP) is 1.56. The van der Waals surface area contributed by atoms with Gasteiger partial charge in [-0.2, -0.15) is 0 Å². The van der Waals surface area contributed by atoms with Gasteiger partial charge >= 0.3 is 6.03 Å². The van der Waals surface area contributed by atoms with Crippen LogP contribution in [0.5, 0.6) is 0 Å². The first-order valence-electron chi connectivity index (χ1n) is 8.48. The molecule has 3 amide bonds. The highest BCUT2D eigenvalue weighted by molar-refractivity contribution is 5.91. The maximum Gasteiger partial charge on any atom is 0.321 e. The average molecular weight is 331 g/mol. The molecule has 2 aliphatic heterocycles. The molecule has 130 valence electrons. The molecule has 0 saturated carbocycles. The number of ether oxygens (including phenoxy) is 1. The van der Waals surface area contributed by atoms with Gasteiger partial charge in [-0.25, -0.2) is 4.79 Å². The summed E-state index contributed by atoms with van der Waals surface area (Å²) in [6.07, 6.45) is 0. The van der Waals surface area contributed by atoms with Crippen molar-refractivity contribution in [3.63, 3.8) is 0 Å². The van der Waals surface area contributed by atoms with Gasteiger partial charge in [-0.05, 0) is 19.4 Å². The van der Waals surface area contributed by atoms with E-state index in [1.807, 2.05) is 49.1 Å². The zero-order valence-corrected chi connectivity index (χ0v) is 14.4. The van der Waals surface area contributed by atoms with Gasteiger partial charge < -0.3 is 19.4 Å². The van der Waals surface area contributed by atoms with Crippen LogP contribution in [0, 0.1) is 0 Å². The van der Waals surface area contributed by atoms with E-state index in [-0.39, 0.29) is 11.9 Å². The summed E-state index contributed by atoms with van der Waals surface area (Å²) in [6, 6.07) is 9.90. The molecule has 2 saturated heterocycles. The van der Waals surface area contributed by atoms with Crippen LogP contribution in [0.25, 0.3) is 0 Å². The molecule has 0 spiro atoms. The van der Waals surface area contributed by atoms with Gasteiger partial charge in [0.05, 0.1) is 13.2 Å². The van der Waals surface area contributed by atoms with Crippen LogP contribution >= 0.6 is 0 Å². The lowest BCUT2D eigenvalue weighted by Crippen LogP contribution is -2.66. The second-order valence-corrected chi connectivity index (χ2v) is 6.80. The SMILES string of the molecule is CC1(C)C(=O)N(Cc2ccccc2)CCN1C(=O)N1CCOCC1. The van der Waals surface area contributed by atoms with Crippen molar-refractivity contribution in [1.82, 2.24) is 14.7 Å². The van der Waals surface area contributed by atoms with Gasteiger partial charge in [-0.1, -0.05) is 30.3 Å². The molecule has 0 unspecified atom stereocenters. The first kappa shape index (κ1) is 16.8. The molecule has 2 heterocycles. The third-order valence-corrected chi connectivity index (χ3v) is 4.81. The molecule has 0 bridgehead atoms. The van der Waals surface area contributed by atoms with E-state index >= 15 is 0 Å².